The number of hydrogen-bond donors (Lipinski definition) is 0. The molecule has 1 spiro atoms. The number of carbonyl (C=O) groups excluding carboxylic acids is 1. The van der Waals surface area contributed by atoms with Crippen LogP contribution in [0.4, 0.5) is 0 Å². The highest BCUT2D eigenvalue weighted by Crippen LogP contribution is 2.37. The first-order valence-corrected chi connectivity index (χ1v) is 7.12. The summed E-state index contributed by atoms with van der Waals surface area (Å²) in [4.78, 5) is 15.2. The summed E-state index contributed by atoms with van der Waals surface area (Å²) in [5.74, 6) is -0.105. The van der Waals surface area contributed by atoms with Crippen molar-refractivity contribution in [2.45, 2.75) is 31.8 Å². The number of fused-ring (bicyclic) bond motifs is 1. The van der Waals surface area contributed by atoms with Gasteiger partial charge in [-0.15, -0.1) is 11.3 Å². The minimum Gasteiger partial charge on any atom is -0.454 e. The Balaban J connectivity index is 1.81. The summed E-state index contributed by atoms with van der Waals surface area (Å²) in [7, 11) is 0. The van der Waals surface area contributed by atoms with Crippen molar-refractivity contribution in [3.63, 3.8) is 0 Å². The van der Waals surface area contributed by atoms with Crippen molar-refractivity contribution in [3.05, 3.63) is 21.9 Å². The van der Waals surface area contributed by atoms with Crippen LogP contribution < -0.4 is 0 Å². The van der Waals surface area contributed by atoms with E-state index in [0.29, 0.717) is 0 Å². The van der Waals surface area contributed by atoms with Crippen LogP contribution in [0.3, 0.4) is 0 Å². The molecule has 3 nitrogen and oxygen atoms in total. The molecule has 3 heterocycles. The largest absolute Gasteiger partial charge is 0.454 e. The van der Waals surface area contributed by atoms with Gasteiger partial charge in [-0.2, -0.15) is 0 Å². The van der Waals surface area contributed by atoms with Gasteiger partial charge < -0.3 is 9.64 Å². The smallest absolute Gasteiger partial charge is 0.349 e. The maximum Gasteiger partial charge on any atom is 0.349 e. The van der Waals surface area contributed by atoms with E-state index in [9.17, 15) is 4.79 Å². The third kappa shape index (κ3) is 1.89. The van der Waals surface area contributed by atoms with Gasteiger partial charge >= 0.3 is 5.97 Å². The van der Waals surface area contributed by atoms with E-state index >= 15 is 0 Å². The number of likely N-dealkylation sites (tertiary alicyclic amines) is 1. The minimum atomic E-state index is -0.211. The summed E-state index contributed by atoms with van der Waals surface area (Å²) in [5.41, 5.74) is 0.979. The Hall–Kier alpha value is -0.870. The van der Waals surface area contributed by atoms with Gasteiger partial charge in [-0.1, -0.05) is 6.92 Å². The first-order chi connectivity index (χ1) is 8.22. The number of ether oxygens (including phenoxy) is 1. The monoisotopic (exact) mass is 251 g/mol. The molecule has 1 fully saturated rings. The van der Waals surface area contributed by atoms with E-state index in [0.717, 1.165) is 43.8 Å². The fraction of sp³-hybridized carbons (Fsp3) is 0.615. The molecular weight excluding hydrogens is 234 g/mol. The van der Waals surface area contributed by atoms with Crippen molar-refractivity contribution in [3.8, 4) is 0 Å². The lowest BCUT2D eigenvalue weighted by Crippen LogP contribution is -2.50. The van der Waals surface area contributed by atoms with Gasteiger partial charge in [0.15, 0.2) is 0 Å². The zero-order chi connectivity index (χ0) is 11.9. The maximum atomic E-state index is 11.9. The van der Waals surface area contributed by atoms with Crippen LogP contribution in [0.2, 0.25) is 0 Å². The van der Waals surface area contributed by atoms with Crippen LogP contribution in [0.1, 0.15) is 35.0 Å². The van der Waals surface area contributed by atoms with Crippen LogP contribution >= 0.6 is 11.3 Å². The van der Waals surface area contributed by atoms with Crippen LogP contribution in [0.5, 0.6) is 0 Å². The first kappa shape index (κ1) is 11.2. The fourth-order valence-electron chi connectivity index (χ4n) is 2.84. The molecule has 0 aromatic carbocycles. The summed E-state index contributed by atoms with van der Waals surface area (Å²) in [6.07, 6.45) is 2.86. The van der Waals surface area contributed by atoms with Gasteiger partial charge in [0.2, 0.25) is 0 Å². The fourth-order valence-corrected chi connectivity index (χ4v) is 3.63. The Kier molecular flexibility index (Phi) is 2.71. The molecule has 0 atom stereocenters. The molecule has 0 saturated carbocycles. The number of hydrogen-bond acceptors (Lipinski definition) is 4. The van der Waals surface area contributed by atoms with Gasteiger partial charge in [-0.05, 0) is 23.6 Å². The normalized spacial score (nSPS) is 23.5. The third-order valence-corrected chi connectivity index (χ3v) is 4.91. The van der Waals surface area contributed by atoms with Crippen molar-refractivity contribution < 1.29 is 9.53 Å². The van der Waals surface area contributed by atoms with Crippen molar-refractivity contribution in [1.82, 2.24) is 4.90 Å². The lowest BCUT2D eigenvalue weighted by molar-refractivity contribution is -0.0551. The SMILES string of the molecule is CCN1CCC2(CC1)Cc1ccsc1C(=O)O2. The van der Waals surface area contributed by atoms with E-state index in [1.165, 1.54) is 16.9 Å². The number of piperidine rings is 1. The van der Waals surface area contributed by atoms with Gasteiger partial charge in [0.1, 0.15) is 10.5 Å². The Morgan fingerprint density at radius 3 is 2.94 bits per heavy atom. The lowest BCUT2D eigenvalue weighted by atomic mass is 9.83. The predicted molar refractivity (Wildman–Crippen MR) is 67.5 cm³/mol. The molecule has 1 aromatic heterocycles. The molecule has 4 heteroatoms. The van der Waals surface area contributed by atoms with E-state index in [1.54, 1.807) is 0 Å². The molecular formula is C13H17NO2S. The Labute approximate surface area is 105 Å². The van der Waals surface area contributed by atoms with Crippen molar-refractivity contribution in [1.29, 1.82) is 0 Å². The highest BCUT2D eigenvalue weighted by molar-refractivity contribution is 7.12. The summed E-state index contributed by atoms with van der Waals surface area (Å²) in [6, 6.07) is 2.08. The number of carbonyl (C=O) groups is 1. The highest BCUT2D eigenvalue weighted by atomic mass is 32.1. The van der Waals surface area contributed by atoms with Crippen LogP contribution in [0.25, 0.3) is 0 Å². The summed E-state index contributed by atoms with van der Waals surface area (Å²) < 4.78 is 5.74. The number of esters is 1. The summed E-state index contributed by atoms with van der Waals surface area (Å²) >= 11 is 1.50. The van der Waals surface area contributed by atoms with Gasteiger partial charge in [0.05, 0.1) is 0 Å². The van der Waals surface area contributed by atoms with Crippen LogP contribution in [-0.2, 0) is 11.2 Å². The Morgan fingerprint density at radius 1 is 1.47 bits per heavy atom. The molecule has 0 amide bonds. The van der Waals surface area contributed by atoms with E-state index in [2.05, 4.69) is 17.9 Å². The average molecular weight is 251 g/mol. The summed E-state index contributed by atoms with van der Waals surface area (Å²) in [5, 5.41) is 1.99. The maximum absolute atomic E-state index is 11.9. The molecule has 92 valence electrons. The molecule has 1 saturated heterocycles. The van der Waals surface area contributed by atoms with Gasteiger partial charge in [-0.3, -0.25) is 0 Å². The quantitative estimate of drug-likeness (QED) is 0.717. The second-order valence-electron chi connectivity index (χ2n) is 4.96. The first-order valence-electron chi connectivity index (χ1n) is 6.24. The average Bonchev–Trinajstić information content (AvgIpc) is 2.78. The highest BCUT2D eigenvalue weighted by Gasteiger charge is 2.42. The molecule has 0 aliphatic carbocycles. The molecule has 0 radical (unpaired) electrons. The van der Waals surface area contributed by atoms with Crippen molar-refractivity contribution in [2.24, 2.45) is 0 Å². The number of thiophene rings is 1. The van der Waals surface area contributed by atoms with E-state index in [1.807, 2.05) is 5.38 Å². The molecule has 0 bridgehead atoms. The van der Waals surface area contributed by atoms with Crippen LogP contribution in [-0.4, -0.2) is 36.1 Å². The van der Waals surface area contributed by atoms with Crippen LogP contribution in [0.15, 0.2) is 11.4 Å². The standard InChI is InChI=1S/C13H17NO2S/c1-2-14-6-4-13(5-7-14)9-10-3-8-17-11(10)12(15)16-13/h3,8H,2,4-7,9H2,1H3. The molecule has 2 aliphatic heterocycles. The molecule has 17 heavy (non-hydrogen) atoms. The van der Waals surface area contributed by atoms with Crippen molar-refractivity contribution >= 4 is 17.3 Å². The molecule has 1 aromatic rings. The third-order valence-electron chi connectivity index (χ3n) is 3.97. The van der Waals surface area contributed by atoms with Gasteiger partial charge in [0.25, 0.3) is 0 Å². The molecule has 0 unspecified atom stereocenters. The minimum absolute atomic E-state index is 0.105. The Morgan fingerprint density at radius 2 is 2.24 bits per heavy atom. The molecule has 3 rings (SSSR count). The van der Waals surface area contributed by atoms with E-state index in [-0.39, 0.29) is 11.6 Å². The predicted octanol–water partition coefficient (Wildman–Crippen LogP) is 2.32. The molecule has 0 N–H and O–H groups in total. The van der Waals surface area contributed by atoms with Crippen LogP contribution in [0, 0.1) is 0 Å². The lowest BCUT2D eigenvalue weighted by Gasteiger charge is -2.42. The van der Waals surface area contributed by atoms with E-state index < -0.39 is 0 Å². The second-order valence-corrected chi connectivity index (χ2v) is 5.87. The van der Waals surface area contributed by atoms with Gasteiger partial charge in [0, 0.05) is 32.4 Å². The Bertz CT molecular complexity index is 432. The second kappa shape index (κ2) is 4.10. The topological polar surface area (TPSA) is 29.5 Å². The zero-order valence-electron chi connectivity index (χ0n) is 10.1. The number of nitrogens with zero attached hydrogens (tertiary/aromatic N) is 1. The summed E-state index contributed by atoms with van der Waals surface area (Å²) in [6.45, 7) is 5.36. The number of rotatable bonds is 1. The van der Waals surface area contributed by atoms with E-state index in [4.69, 9.17) is 4.74 Å². The van der Waals surface area contributed by atoms with Gasteiger partial charge in [-0.25, -0.2) is 4.79 Å². The van der Waals surface area contributed by atoms with Crippen molar-refractivity contribution in [2.75, 3.05) is 19.6 Å². The molecule has 2 aliphatic rings. The zero-order valence-corrected chi connectivity index (χ0v) is 10.9.